The maximum atomic E-state index is 5.86. The van der Waals surface area contributed by atoms with Gasteiger partial charge in [-0.1, -0.05) is 13.8 Å². The first kappa shape index (κ1) is 11.3. The van der Waals surface area contributed by atoms with E-state index in [4.69, 9.17) is 5.73 Å². The monoisotopic (exact) mass is 202 g/mol. The van der Waals surface area contributed by atoms with E-state index in [2.05, 4.69) is 37.4 Å². The van der Waals surface area contributed by atoms with Gasteiger partial charge < -0.3 is 10.6 Å². The lowest BCUT2D eigenvalue weighted by Gasteiger charge is -2.33. The van der Waals surface area contributed by atoms with Crippen molar-refractivity contribution < 1.29 is 0 Å². The smallest absolute Gasteiger partial charge is 0.0147 e. The second kappa shape index (κ2) is 5.23. The van der Waals surface area contributed by atoms with Crippen LogP contribution in [-0.4, -0.2) is 41.6 Å². The Bertz CT molecular complexity index is 150. The first-order valence-electron chi connectivity index (χ1n) is 5.19. The van der Waals surface area contributed by atoms with Crippen LogP contribution in [0.25, 0.3) is 0 Å². The molecule has 0 bridgehead atoms. The van der Waals surface area contributed by atoms with Gasteiger partial charge >= 0.3 is 0 Å². The van der Waals surface area contributed by atoms with Crippen LogP contribution in [0.5, 0.6) is 0 Å². The minimum Gasteiger partial charge on any atom is -0.328 e. The summed E-state index contributed by atoms with van der Waals surface area (Å²) in [5.74, 6) is 1.91. The van der Waals surface area contributed by atoms with Gasteiger partial charge in [0, 0.05) is 36.7 Å². The van der Waals surface area contributed by atoms with E-state index in [1.165, 1.54) is 25.4 Å². The fourth-order valence-corrected chi connectivity index (χ4v) is 2.71. The van der Waals surface area contributed by atoms with Gasteiger partial charge in [-0.3, -0.25) is 0 Å². The van der Waals surface area contributed by atoms with E-state index in [1.807, 2.05) is 0 Å². The van der Waals surface area contributed by atoms with Crippen molar-refractivity contribution in [3.05, 3.63) is 0 Å². The van der Waals surface area contributed by atoms with Gasteiger partial charge in [0.25, 0.3) is 0 Å². The lowest BCUT2D eigenvalue weighted by atomic mass is 10.0. The van der Waals surface area contributed by atoms with Gasteiger partial charge in [0.15, 0.2) is 0 Å². The number of nitrogens with zero attached hydrogens (tertiary/aromatic N) is 1. The molecule has 1 rings (SSSR count). The summed E-state index contributed by atoms with van der Waals surface area (Å²) < 4.78 is 0. The molecule has 0 spiro atoms. The van der Waals surface area contributed by atoms with Crippen LogP contribution < -0.4 is 5.73 Å². The molecule has 0 aliphatic carbocycles. The van der Waals surface area contributed by atoms with Crippen molar-refractivity contribution in [2.24, 2.45) is 11.7 Å². The predicted octanol–water partition coefficient (Wildman–Crippen LogP) is 1.41. The summed E-state index contributed by atoms with van der Waals surface area (Å²) >= 11 is 2.08. The molecule has 0 saturated carbocycles. The second-order valence-corrected chi connectivity index (χ2v) is 5.82. The molecule has 0 aromatic carbocycles. The van der Waals surface area contributed by atoms with Crippen molar-refractivity contribution in [1.29, 1.82) is 0 Å². The van der Waals surface area contributed by atoms with Crippen LogP contribution in [0.1, 0.15) is 20.8 Å². The zero-order valence-corrected chi connectivity index (χ0v) is 9.81. The van der Waals surface area contributed by atoms with Gasteiger partial charge in [-0.2, -0.15) is 11.8 Å². The zero-order chi connectivity index (χ0) is 9.84. The highest BCUT2D eigenvalue weighted by Gasteiger charge is 2.19. The number of hydrogen-bond donors (Lipinski definition) is 1. The van der Waals surface area contributed by atoms with Gasteiger partial charge in [-0.05, 0) is 12.8 Å². The molecule has 1 fully saturated rings. The summed E-state index contributed by atoms with van der Waals surface area (Å²) in [5, 5.41) is 0.800. The predicted molar refractivity (Wildman–Crippen MR) is 61.2 cm³/mol. The molecule has 13 heavy (non-hydrogen) atoms. The third-order valence-corrected chi connectivity index (χ3v) is 3.91. The summed E-state index contributed by atoms with van der Waals surface area (Å²) in [6, 6.07) is 0.324. The van der Waals surface area contributed by atoms with Crippen molar-refractivity contribution in [3.8, 4) is 0 Å². The molecule has 3 unspecified atom stereocenters. The second-order valence-electron chi connectivity index (χ2n) is 4.28. The van der Waals surface area contributed by atoms with E-state index in [9.17, 15) is 0 Å². The van der Waals surface area contributed by atoms with Crippen molar-refractivity contribution in [1.82, 2.24) is 4.90 Å². The van der Waals surface area contributed by atoms with Crippen molar-refractivity contribution >= 4 is 11.8 Å². The molecule has 3 heteroatoms. The van der Waals surface area contributed by atoms with Crippen LogP contribution in [0, 0.1) is 5.92 Å². The lowest BCUT2D eigenvalue weighted by Crippen LogP contribution is -2.42. The van der Waals surface area contributed by atoms with Crippen LogP contribution in [-0.2, 0) is 0 Å². The van der Waals surface area contributed by atoms with Gasteiger partial charge in [-0.15, -0.1) is 0 Å². The Balaban J connectivity index is 2.27. The average molecular weight is 202 g/mol. The molecule has 2 N–H and O–H groups in total. The van der Waals surface area contributed by atoms with Crippen LogP contribution >= 0.6 is 11.8 Å². The standard InChI is InChI=1S/C10H22N2S/c1-8(10(3)11)6-12-4-5-13-9(2)7-12/h8-10H,4-7,11H2,1-3H3. The molecule has 78 valence electrons. The maximum absolute atomic E-state index is 5.86. The summed E-state index contributed by atoms with van der Waals surface area (Å²) in [7, 11) is 0. The normalized spacial score (nSPS) is 30.0. The molecule has 0 radical (unpaired) electrons. The van der Waals surface area contributed by atoms with E-state index in [-0.39, 0.29) is 0 Å². The fraction of sp³-hybridized carbons (Fsp3) is 1.00. The molecule has 1 heterocycles. The Kier molecular flexibility index (Phi) is 4.56. The molecular weight excluding hydrogens is 180 g/mol. The Morgan fingerprint density at radius 1 is 1.54 bits per heavy atom. The van der Waals surface area contributed by atoms with Crippen LogP contribution in [0.4, 0.5) is 0 Å². The van der Waals surface area contributed by atoms with Gasteiger partial charge in [0.05, 0.1) is 0 Å². The highest BCUT2D eigenvalue weighted by molar-refractivity contribution is 7.99. The maximum Gasteiger partial charge on any atom is 0.0147 e. The van der Waals surface area contributed by atoms with Crippen LogP contribution in [0.2, 0.25) is 0 Å². The highest BCUT2D eigenvalue weighted by atomic mass is 32.2. The molecule has 3 atom stereocenters. The summed E-state index contributed by atoms with van der Waals surface area (Å²) in [5.41, 5.74) is 5.86. The third-order valence-electron chi connectivity index (χ3n) is 2.77. The van der Waals surface area contributed by atoms with E-state index in [1.54, 1.807) is 0 Å². The van der Waals surface area contributed by atoms with Gasteiger partial charge in [0.1, 0.15) is 0 Å². The van der Waals surface area contributed by atoms with Crippen LogP contribution in [0.15, 0.2) is 0 Å². The van der Waals surface area contributed by atoms with Crippen molar-refractivity contribution in [2.75, 3.05) is 25.4 Å². The Morgan fingerprint density at radius 3 is 2.77 bits per heavy atom. The summed E-state index contributed by atoms with van der Waals surface area (Å²) in [4.78, 5) is 2.55. The van der Waals surface area contributed by atoms with Crippen LogP contribution in [0.3, 0.4) is 0 Å². The first-order chi connectivity index (χ1) is 6.09. The van der Waals surface area contributed by atoms with Gasteiger partial charge in [0.2, 0.25) is 0 Å². The molecule has 0 amide bonds. The number of thioether (sulfide) groups is 1. The lowest BCUT2D eigenvalue weighted by molar-refractivity contribution is 0.234. The number of hydrogen-bond acceptors (Lipinski definition) is 3. The van der Waals surface area contributed by atoms with E-state index < -0.39 is 0 Å². The van der Waals surface area contributed by atoms with E-state index in [0.717, 1.165) is 5.25 Å². The molecule has 0 aromatic heterocycles. The quantitative estimate of drug-likeness (QED) is 0.750. The summed E-state index contributed by atoms with van der Waals surface area (Å²) in [6.07, 6.45) is 0. The number of rotatable bonds is 3. The fourth-order valence-electron chi connectivity index (χ4n) is 1.63. The largest absolute Gasteiger partial charge is 0.328 e. The molecule has 2 nitrogen and oxygen atoms in total. The van der Waals surface area contributed by atoms with Crippen molar-refractivity contribution in [2.45, 2.75) is 32.1 Å². The highest BCUT2D eigenvalue weighted by Crippen LogP contribution is 2.18. The molecule has 1 aliphatic heterocycles. The number of nitrogens with two attached hydrogens (primary N) is 1. The Hall–Kier alpha value is 0.270. The molecule has 1 saturated heterocycles. The van der Waals surface area contributed by atoms with E-state index >= 15 is 0 Å². The molecular formula is C10H22N2S. The SMILES string of the molecule is CC1CN(CC(C)C(C)N)CCS1. The van der Waals surface area contributed by atoms with Crippen molar-refractivity contribution in [3.63, 3.8) is 0 Å². The Morgan fingerprint density at radius 2 is 2.23 bits per heavy atom. The summed E-state index contributed by atoms with van der Waals surface area (Å²) in [6.45, 7) is 10.3. The Labute approximate surface area is 86.2 Å². The molecule has 1 aliphatic rings. The topological polar surface area (TPSA) is 29.3 Å². The zero-order valence-electron chi connectivity index (χ0n) is 8.99. The average Bonchev–Trinajstić information content (AvgIpc) is 2.04. The first-order valence-corrected chi connectivity index (χ1v) is 6.24. The molecule has 0 aromatic rings. The van der Waals surface area contributed by atoms with E-state index in [0.29, 0.717) is 12.0 Å². The third kappa shape index (κ3) is 3.88. The van der Waals surface area contributed by atoms with Gasteiger partial charge in [-0.25, -0.2) is 0 Å². The minimum absolute atomic E-state index is 0.324. The minimum atomic E-state index is 0.324.